The van der Waals surface area contributed by atoms with Crippen LogP contribution in [0.2, 0.25) is 0 Å². The van der Waals surface area contributed by atoms with Gasteiger partial charge in [-0.2, -0.15) is 0 Å². The van der Waals surface area contributed by atoms with Crippen molar-refractivity contribution in [1.29, 1.82) is 0 Å². The van der Waals surface area contributed by atoms with Crippen molar-refractivity contribution in [2.45, 2.75) is 51.8 Å². The maximum Gasteiger partial charge on any atom is 0.320 e. The van der Waals surface area contributed by atoms with Crippen LogP contribution in [-0.2, 0) is 17.8 Å². The van der Waals surface area contributed by atoms with Crippen molar-refractivity contribution in [2.75, 3.05) is 13.2 Å². The second-order valence-electron chi connectivity index (χ2n) is 6.10. The predicted octanol–water partition coefficient (Wildman–Crippen LogP) is 2.46. The number of ether oxygens (including phenoxy) is 2. The van der Waals surface area contributed by atoms with Crippen molar-refractivity contribution in [3.05, 3.63) is 23.3 Å². The van der Waals surface area contributed by atoms with E-state index in [1.165, 1.54) is 5.56 Å². The first-order chi connectivity index (χ1) is 10.6. The molecule has 0 spiro atoms. The molecule has 1 unspecified atom stereocenters. The number of carboxylic acids is 1. The molecule has 0 radical (unpaired) electrons. The first kappa shape index (κ1) is 15.2. The summed E-state index contributed by atoms with van der Waals surface area (Å²) in [6.45, 7) is 6.03. The maximum atomic E-state index is 11.3. The minimum Gasteiger partial charge on any atom is -0.494 e. The van der Waals surface area contributed by atoms with Gasteiger partial charge in [0.05, 0.1) is 6.61 Å². The Morgan fingerprint density at radius 2 is 2.32 bits per heavy atom. The molecule has 0 amide bonds. The summed E-state index contributed by atoms with van der Waals surface area (Å²) in [5, 5.41) is 9.33. The van der Waals surface area contributed by atoms with E-state index in [1.807, 2.05) is 17.9 Å². The highest BCUT2D eigenvalue weighted by Crippen LogP contribution is 2.36. The summed E-state index contributed by atoms with van der Waals surface area (Å²) >= 11 is 0. The van der Waals surface area contributed by atoms with Crippen molar-refractivity contribution in [1.82, 2.24) is 4.90 Å². The van der Waals surface area contributed by atoms with Crippen LogP contribution in [0.4, 0.5) is 0 Å². The molecule has 2 heterocycles. The molecule has 0 aromatic heterocycles. The largest absolute Gasteiger partial charge is 0.494 e. The molecule has 2 aliphatic rings. The lowest BCUT2D eigenvalue weighted by atomic mass is 10.1. The monoisotopic (exact) mass is 305 g/mol. The van der Waals surface area contributed by atoms with Crippen molar-refractivity contribution >= 4 is 5.97 Å². The highest BCUT2D eigenvalue weighted by molar-refractivity contribution is 5.73. The molecule has 1 saturated heterocycles. The van der Waals surface area contributed by atoms with Gasteiger partial charge < -0.3 is 14.6 Å². The quantitative estimate of drug-likeness (QED) is 0.905. The van der Waals surface area contributed by atoms with E-state index in [9.17, 15) is 9.90 Å². The molecule has 1 aromatic rings. The molecule has 3 rings (SSSR count). The Morgan fingerprint density at radius 1 is 1.50 bits per heavy atom. The Balaban J connectivity index is 1.86. The summed E-state index contributed by atoms with van der Waals surface area (Å²) in [6.07, 6.45) is 2.74. The van der Waals surface area contributed by atoms with E-state index in [4.69, 9.17) is 9.47 Å². The molecule has 2 aliphatic heterocycles. The third kappa shape index (κ3) is 2.90. The van der Waals surface area contributed by atoms with E-state index in [2.05, 4.69) is 13.0 Å². The van der Waals surface area contributed by atoms with Gasteiger partial charge in [-0.1, -0.05) is 0 Å². The van der Waals surface area contributed by atoms with Gasteiger partial charge in [-0.3, -0.25) is 9.69 Å². The molecule has 0 saturated carbocycles. The van der Waals surface area contributed by atoms with Crippen LogP contribution in [0.1, 0.15) is 37.8 Å². The number of benzene rings is 1. The molecular weight excluding hydrogens is 282 g/mol. The molecular formula is C17H23NO4. The van der Waals surface area contributed by atoms with E-state index >= 15 is 0 Å². The van der Waals surface area contributed by atoms with Gasteiger partial charge in [-0.25, -0.2) is 0 Å². The molecule has 120 valence electrons. The first-order valence-corrected chi connectivity index (χ1v) is 8.00. The van der Waals surface area contributed by atoms with Crippen LogP contribution >= 0.6 is 0 Å². The van der Waals surface area contributed by atoms with Crippen LogP contribution in [-0.4, -0.2) is 41.3 Å². The topological polar surface area (TPSA) is 59.0 Å². The van der Waals surface area contributed by atoms with Crippen LogP contribution in [0, 0.1) is 0 Å². The van der Waals surface area contributed by atoms with Gasteiger partial charge >= 0.3 is 5.97 Å². The van der Waals surface area contributed by atoms with Crippen molar-refractivity contribution < 1.29 is 19.4 Å². The molecule has 0 aliphatic carbocycles. The second kappa shape index (κ2) is 6.16. The Bertz CT molecular complexity index is 572. The fraction of sp³-hybridized carbons (Fsp3) is 0.588. The minimum absolute atomic E-state index is 0.193. The summed E-state index contributed by atoms with van der Waals surface area (Å²) in [5.41, 5.74) is 2.19. The zero-order valence-corrected chi connectivity index (χ0v) is 13.2. The van der Waals surface area contributed by atoms with Crippen molar-refractivity contribution in [3.63, 3.8) is 0 Å². The molecule has 5 nitrogen and oxygen atoms in total. The van der Waals surface area contributed by atoms with E-state index in [1.54, 1.807) is 0 Å². The molecule has 2 atom stereocenters. The Morgan fingerprint density at radius 3 is 3.05 bits per heavy atom. The van der Waals surface area contributed by atoms with Gasteiger partial charge in [-0.15, -0.1) is 0 Å². The summed E-state index contributed by atoms with van der Waals surface area (Å²) in [4.78, 5) is 13.4. The summed E-state index contributed by atoms with van der Waals surface area (Å²) in [5.74, 6) is 1.04. The molecule has 1 aromatic carbocycles. The van der Waals surface area contributed by atoms with Crippen molar-refractivity contribution in [2.24, 2.45) is 0 Å². The van der Waals surface area contributed by atoms with Gasteiger partial charge in [-0.05, 0) is 45.4 Å². The Labute approximate surface area is 130 Å². The maximum absolute atomic E-state index is 11.3. The number of hydrogen-bond acceptors (Lipinski definition) is 4. The van der Waals surface area contributed by atoms with E-state index in [-0.39, 0.29) is 12.1 Å². The van der Waals surface area contributed by atoms with E-state index in [0.29, 0.717) is 13.2 Å². The van der Waals surface area contributed by atoms with Crippen LogP contribution in [0.15, 0.2) is 12.1 Å². The van der Waals surface area contributed by atoms with Gasteiger partial charge in [0.15, 0.2) is 0 Å². The van der Waals surface area contributed by atoms with E-state index < -0.39 is 5.97 Å². The third-order valence-corrected chi connectivity index (χ3v) is 4.40. The van der Waals surface area contributed by atoms with Gasteiger partial charge in [0.2, 0.25) is 0 Å². The SMILES string of the molecule is CCOc1cc2c(cc1CN1CCC[C@H]1C(=O)O)OC(C)C2. The third-order valence-electron chi connectivity index (χ3n) is 4.40. The Kier molecular flexibility index (Phi) is 4.25. The summed E-state index contributed by atoms with van der Waals surface area (Å²) in [7, 11) is 0. The number of hydrogen-bond donors (Lipinski definition) is 1. The molecule has 0 bridgehead atoms. The highest BCUT2D eigenvalue weighted by atomic mass is 16.5. The first-order valence-electron chi connectivity index (χ1n) is 8.00. The lowest BCUT2D eigenvalue weighted by molar-refractivity contribution is -0.142. The molecule has 1 fully saturated rings. The zero-order valence-electron chi connectivity index (χ0n) is 13.2. The highest BCUT2D eigenvalue weighted by Gasteiger charge is 2.31. The molecule has 1 N–H and O–H groups in total. The second-order valence-corrected chi connectivity index (χ2v) is 6.10. The van der Waals surface area contributed by atoms with Gasteiger partial charge in [0.25, 0.3) is 0 Å². The smallest absolute Gasteiger partial charge is 0.320 e. The van der Waals surface area contributed by atoms with E-state index in [0.717, 1.165) is 42.9 Å². The summed E-state index contributed by atoms with van der Waals surface area (Å²) in [6, 6.07) is 3.70. The van der Waals surface area contributed by atoms with Gasteiger partial charge in [0.1, 0.15) is 23.6 Å². The standard InChI is InChI=1S/C17H23NO4/c1-3-21-15-8-12-7-11(2)22-16(12)9-13(15)10-18-6-4-5-14(18)17(19)20/h8-9,11,14H,3-7,10H2,1-2H3,(H,19,20)/t11?,14-/m0/s1. The molecule has 22 heavy (non-hydrogen) atoms. The molecule has 5 heteroatoms. The number of likely N-dealkylation sites (tertiary alicyclic amines) is 1. The number of carbonyl (C=O) groups is 1. The minimum atomic E-state index is -0.735. The summed E-state index contributed by atoms with van der Waals surface area (Å²) < 4.78 is 11.6. The number of aliphatic carboxylic acids is 1. The van der Waals surface area contributed by atoms with Crippen LogP contribution in [0.3, 0.4) is 0 Å². The zero-order chi connectivity index (χ0) is 15.7. The number of rotatable bonds is 5. The van der Waals surface area contributed by atoms with Gasteiger partial charge in [0, 0.05) is 24.1 Å². The number of fused-ring (bicyclic) bond motifs is 1. The van der Waals surface area contributed by atoms with Crippen LogP contribution in [0.25, 0.3) is 0 Å². The number of carboxylic acid groups (broad SMARTS) is 1. The average molecular weight is 305 g/mol. The van der Waals surface area contributed by atoms with Crippen LogP contribution in [0.5, 0.6) is 11.5 Å². The average Bonchev–Trinajstić information content (AvgIpc) is 3.05. The predicted molar refractivity (Wildman–Crippen MR) is 82.5 cm³/mol. The fourth-order valence-electron chi connectivity index (χ4n) is 3.41. The lowest BCUT2D eigenvalue weighted by Crippen LogP contribution is -2.35. The lowest BCUT2D eigenvalue weighted by Gasteiger charge is -2.23. The normalized spacial score (nSPS) is 24.1. The Hall–Kier alpha value is -1.75. The fourth-order valence-corrected chi connectivity index (χ4v) is 3.41. The van der Waals surface area contributed by atoms with Crippen LogP contribution < -0.4 is 9.47 Å². The number of nitrogens with zero attached hydrogens (tertiary/aromatic N) is 1. The van der Waals surface area contributed by atoms with Crippen molar-refractivity contribution in [3.8, 4) is 11.5 Å².